The predicted octanol–water partition coefficient (Wildman–Crippen LogP) is 2.51. The summed E-state index contributed by atoms with van der Waals surface area (Å²) in [4.78, 5) is 11.5. The quantitative estimate of drug-likeness (QED) is 0.892. The van der Waals surface area contributed by atoms with Crippen LogP contribution >= 0.6 is 0 Å². The molecule has 0 bridgehead atoms. The Morgan fingerprint density at radius 1 is 1.16 bits per heavy atom. The lowest BCUT2D eigenvalue weighted by molar-refractivity contribution is 0.524. The van der Waals surface area contributed by atoms with Crippen LogP contribution in [0.15, 0.2) is 53.5 Å². The van der Waals surface area contributed by atoms with E-state index in [0.29, 0.717) is 12.6 Å². The zero-order valence-corrected chi connectivity index (χ0v) is 11.5. The highest BCUT2D eigenvalue weighted by atomic mass is 16.1. The zero-order valence-electron chi connectivity index (χ0n) is 11.5. The van der Waals surface area contributed by atoms with E-state index in [1.165, 1.54) is 11.1 Å². The van der Waals surface area contributed by atoms with Gasteiger partial charge in [0, 0.05) is 31.4 Å². The molecule has 0 spiro atoms. The van der Waals surface area contributed by atoms with E-state index >= 15 is 0 Å². The van der Waals surface area contributed by atoms with E-state index in [9.17, 15) is 4.79 Å². The summed E-state index contributed by atoms with van der Waals surface area (Å²) in [5.41, 5.74) is 2.59. The molecule has 0 fully saturated rings. The van der Waals surface area contributed by atoms with Crippen LogP contribution in [0.2, 0.25) is 0 Å². The SMILES string of the molecule is Cc1ccc([C@@H](C)NCCn2ccccc2=O)cc1. The fraction of sp³-hybridized carbons (Fsp3) is 0.312. The first-order valence-electron chi connectivity index (χ1n) is 6.62. The number of nitrogens with zero attached hydrogens (tertiary/aromatic N) is 1. The van der Waals surface area contributed by atoms with Crippen LogP contribution in [0.1, 0.15) is 24.1 Å². The van der Waals surface area contributed by atoms with Crippen molar-refractivity contribution in [3.63, 3.8) is 0 Å². The number of aromatic nitrogens is 1. The second-order valence-corrected chi connectivity index (χ2v) is 4.82. The van der Waals surface area contributed by atoms with Crippen LogP contribution < -0.4 is 10.9 Å². The van der Waals surface area contributed by atoms with Crippen LogP contribution in [0.5, 0.6) is 0 Å². The number of rotatable bonds is 5. The fourth-order valence-corrected chi connectivity index (χ4v) is 2.02. The van der Waals surface area contributed by atoms with Gasteiger partial charge in [-0.1, -0.05) is 35.9 Å². The van der Waals surface area contributed by atoms with Gasteiger partial charge in [0.05, 0.1) is 0 Å². The van der Waals surface area contributed by atoms with Crippen molar-refractivity contribution in [1.82, 2.24) is 9.88 Å². The molecule has 1 N–H and O–H groups in total. The Bertz CT molecular complexity index is 572. The molecular formula is C16H20N2O. The summed E-state index contributed by atoms with van der Waals surface area (Å²) in [7, 11) is 0. The Morgan fingerprint density at radius 3 is 2.58 bits per heavy atom. The first-order valence-corrected chi connectivity index (χ1v) is 6.62. The largest absolute Gasteiger partial charge is 0.314 e. The predicted molar refractivity (Wildman–Crippen MR) is 78.3 cm³/mol. The molecule has 0 radical (unpaired) electrons. The minimum Gasteiger partial charge on any atom is -0.314 e. The molecule has 100 valence electrons. The smallest absolute Gasteiger partial charge is 0.250 e. The maximum Gasteiger partial charge on any atom is 0.250 e. The standard InChI is InChI=1S/C16H20N2O/c1-13-6-8-15(9-7-13)14(2)17-10-12-18-11-4-3-5-16(18)19/h3-9,11,14,17H,10,12H2,1-2H3/t14-/m1/s1. The molecular weight excluding hydrogens is 236 g/mol. The second kappa shape index (κ2) is 6.34. The van der Waals surface area contributed by atoms with Gasteiger partial charge < -0.3 is 9.88 Å². The average molecular weight is 256 g/mol. The van der Waals surface area contributed by atoms with Crippen molar-refractivity contribution in [3.05, 3.63) is 70.1 Å². The molecule has 1 aromatic carbocycles. The molecule has 0 aliphatic heterocycles. The van der Waals surface area contributed by atoms with Gasteiger partial charge in [0.15, 0.2) is 0 Å². The molecule has 3 heteroatoms. The first kappa shape index (κ1) is 13.6. The Balaban J connectivity index is 1.87. The summed E-state index contributed by atoms with van der Waals surface area (Å²) in [6, 6.07) is 14.0. The Hall–Kier alpha value is -1.87. The number of aryl methyl sites for hydroxylation is 1. The molecule has 0 aliphatic rings. The van der Waals surface area contributed by atoms with Crippen molar-refractivity contribution in [2.75, 3.05) is 6.54 Å². The summed E-state index contributed by atoms with van der Waals surface area (Å²) in [5, 5.41) is 3.43. The summed E-state index contributed by atoms with van der Waals surface area (Å²) < 4.78 is 1.72. The van der Waals surface area contributed by atoms with Gasteiger partial charge in [0.25, 0.3) is 5.56 Å². The van der Waals surface area contributed by atoms with E-state index in [1.807, 2.05) is 12.3 Å². The molecule has 0 aliphatic carbocycles. The van der Waals surface area contributed by atoms with Gasteiger partial charge in [-0.3, -0.25) is 4.79 Å². The lowest BCUT2D eigenvalue weighted by Crippen LogP contribution is -2.27. The Kier molecular flexibility index (Phi) is 4.53. The molecule has 1 aromatic heterocycles. The van der Waals surface area contributed by atoms with Gasteiger partial charge in [0.2, 0.25) is 0 Å². The number of benzene rings is 1. The number of nitrogens with one attached hydrogen (secondary N) is 1. The van der Waals surface area contributed by atoms with Crippen LogP contribution in [0.3, 0.4) is 0 Å². The van der Waals surface area contributed by atoms with Gasteiger partial charge in [-0.05, 0) is 25.5 Å². The van der Waals surface area contributed by atoms with Gasteiger partial charge >= 0.3 is 0 Å². The first-order chi connectivity index (χ1) is 9.16. The summed E-state index contributed by atoms with van der Waals surface area (Å²) in [5.74, 6) is 0. The molecule has 2 aromatic rings. The van der Waals surface area contributed by atoms with E-state index in [4.69, 9.17) is 0 Å². The van der Waals surface area contributed by atoms with E-state index in [0.717, 1.165) is 6.54 Å². The van der Waals surface area contributed by atoms with Crippen LogP contribution in [0.4, 0.5) is 0 Å². The van der Waals surface area contributed by atoms with E-state index in [-0.39, 0.29) is 5.56 Å². The lowest BCUT2D eigenvalue weighted by Gasteiger charge is -2.15. The minimum absolute atomic E-state index is 0.0484. The van der Waals surface area contributed by atoms with Gasteiger partial charge in [-0.25, -0.2) is 0 Å². The monoisotopic (exact) mass is 256 g/mol. The van der Waals surface area contributed by atoms with Crippen molar-refractivity contribution in [1.29, 1.82) is 0 Å². The van der Waals surface area contributed by atoms with Crippen LogP contribution in [0, 0.1) is 6.92 Å². The molecule has 0 saturated heterocycles. The molecule has 0 saturated carbocycles. The molecule has 2 rings (SSSR count). The Labute approximate surface area is 113 Å². The third-order valence-electron chi connectivity index (χ3n) is 3.28. The molecule has 0 amide bonds. The topological polar surface area (TPSA) is 34.0 Å². The van der Waals surface area contributed by atoms with Crippen molar-refractivity contribution in [3.8, 4) is 0 Å². The summed E-state index contributed by atoms with van der Waals surface area (Å²) in [6.07, 6.45) is 1.82. The van der Waals surface area contributed by atoms with Crippen molar-refractivity contribution in [2.24, 2.45) is 0 Å². The maximum absolute atomic E-state index is 11.5. The van der Waals surface area contributed by atoms with Crippen LogP contribution in [-0.4, -0.2) is 11.1 Å². The van der Waals surface area contributed by atoms with Crippen molar-refractivity contribution >= 4 is 0 Å². The highest BCUT2D eigenvalue weighted by molar-refractivity contribution is 5.23. The third kappa shape index (κ3) is 3.80. The Morgan fingerprint density at radius 2 is 1.89 bits per heavy atom. The normalized spacial score (nSPS) is 12.3. The van der Waals surface area contributed by atoms with E-state index < -0.39 is 0 Å². The van der Waals surface area contributed by atoms with Crippen LogP contribution in [-0.2, 0) is 6.54 Å². The zero-order chi connectivity index (χ0) is 13.7. The number of hydrogen-bond donors (Lipinski definition) is 1. The van der Waals surface area contributed by atoms with Crippen LogP contribution in [0.25, 0.3) is 0 Å². The van der Waals surface area contributed by atoms with Gasteiger partial charge in [-0.2, -0.15) is 0 Å². The van der Waals surface area contributed by atoms with E-state index in [1.54, 1.807) is 16.7 Å². The molecule has 1 heterocycles. The minimum atomic E-state index is 0.0484. The van der Waals surface area contributed by atoms with E-state index in [2.05, 4.69) is 43.4 Å². The van der Waals surface area contributed by atoms with Gasteiger partial charge in [-0.15, -0.1) is 0 Å². The van der Waals surface area contributed by atoms with Crippen molar-refractivity contribution in [2.45, 2.75) is 26.4 Å². The molecule has 3 nitrogen and oxygen atoms in total. The maximum atomic E-state index is 11.5. The number of hydrogen-bond acceptors (Lipinski definition) is 2. The summed E-state index contributed by atoms with van der Waals surface area (Å²) in [6.45, 7) is 5.69. The molecule has 0 unspecified atom stereocenters. The fourth-order valence-electron chi connectivity index (χ4n) is 2.02. The third-order valence-corrected chi connectivity index (χ3v) is 3.28. The molecule has 1 atom stereocenters. The molecule has 19 heavy (non-hydrogen) atoms. The highest BCUT2D eigenvalue weighted by Gasteiger charge is 2.03. The van der Waals surface area contributed by atoms with Crippen molar-refractivity contribution < 1.29 is 0 Å². The lowest BCUT2D eigenvalue weighted by atomic mass is 10.1. The highest BCUT2D eigenvalue weighted by Crippen LogP contribution is 2.12. The average Bonchev–Trinajstić information content (AvgIpc) is 2.41. The second-order valence-electron chi connectivity index (χ2n) is 4.82. The number of pyridine rings is 1. The van der Waals surface area contributed by atoms with Gasteiger partial charge in [0.1, 0.15) is 0 Å². The summed E-state index contributed by atoms with van der Waals surface area (Å²) >= 11 is 0.